The van der Waals surface area contributed by atoms with Gasteiger partial charge < -0.3 is 16.0 Å². The van der Waals surface area contributed by atoms with E-state index in [9.17, 15) is 0 Å². The van der Waals surface area contributed by atoms with Gasteiger partial charge in [0, 0.05) is 24.3 Å². The van der Waals surface area contributed by atoms with Gasteiger partial charge in [0.25, 0.3) is 0 Å². The highest BCUT2D eigenvalue weighted by Gasteiger charge is 2.19. The molecule has 0 radical (unpaired) electrons. The Hall–Kier alpha value is -1.13. The van der Waals surface area contributed by atoms with Crippen LogP contribution in [0.4, 0.5) is 5.69 Å². The Morgan fingerprint density at radius 3 is 2.94 bits per heavy atom. The highest BCUT2D eigenvalue weighted by Crippen LogP contribution is 2.18. The number of thiocarbonyl (C=S) groups is 1. The molecular weight excluding hydrogens is 230 g/mol. The smallest absolute Gasteiger partial charge is 0.106 e. The molecule has 1 aliphatic heterocycles. The molecule has 0 spiro atoms. The molecule has 1 unspecified atom stereocenters. The van der Waals surface area contributed by atoms with E-state index in [2.05, 4.69) is 17.3 Å². The van der Waals surface area contributed by atoms with E-state index in [-0.39, 0.29) is 0 Å². The van der Waals surface area contributed by atoms with Crippen LogP contribution in [-0.4, -0.2) is 36.6 Å². The molecule has 1 heterocycles. The molecule has 17 heavy (non-hydrogen) atoms. The lowest BCUT2D eigenvalue weighted by Crippen LogP contribution is -2.20. The van der Waals surface area contributed by atoms with E-state index in [0.717, 1.165) is 23.7 Å². The molecule has 1 aromatic carbocycles. The van der Waals surface area contributed by atoms with Crippen molar-refractivity contribution in [2.75, 3.05) is 32.0 Å². The van der Waals surface area contributed by atoms with Gasteiger partial charge in [-0.25, -0.2) is 0 Å². The van der Waals surface area contributed by atoms with Gasteiger partial charge in [-0.3, -0.25) is 0 Å². The summed E-state index contributed by atoms with van der Waals surface area (Å²) in [5.41, 5.74) is 7.69. The van der Waals surface area contributed by atoms with Crippen molar-refractivity contribution in [2.45, 2.75) is 6.42 Å². The number of nitrogens with two attached hydrogens (primary N) is 1. The SMILES string of the molecule is CN1CCC(CNc2ccccc2C(N)=S)C1. The average molecular weight is 249 g/mol. The van der Waals surface area contributed by atoms with Crippen LogP contribution in [0.2, 0.25) is 0 Å². The van der Waals surface area contributed by atoms with Crippen LogP contribution in [0.1, 0.15) is 12.0 Å². The van der Waals surface area contributed by atoms with Crippen molar-refractivity contribution in [3.05, 3.63) is 29.8 Å². The molecule has 0 bridgehead atoms. The van der Waals surface area contributed by atoms with Crippen LogP contribution in [0.25, 0.3) is 0 Å². The molecule has 3 N–H and O–H groups in total. The fourth-order valence-electron chi connectivity index (χ4n) is 2.30. The lowest BCUT2D eigenvalue weighted by Gasteiger charge is -2.15. The number of likely N-dealkylation sites (tertiary alicyclic amines) is 1. The minimum absolute atomic E-state index is 0.455. The number of para-hydroxylation sites is 1. The van der Waals surface area contributed by atoms with Crippen molar-refractivity contribution in [3.63, 3.8) is 0 Å². The third-order valence-corrected chi connectivity index (χ3v) is 3.48. The van der Waals surface area contributed by atoms with Crippen LogP contribution in [-0.2, 0) is 0 Å². The van der Waals surface area contributed by atoms with Crippen LogP contribution in [0.3, 0.4) is 0 Å². The number of anilines is 1. The summed E-state index contributed by atoms with van der Waals surface area (Å²) in [6, 6.07) is 7.96. The maximum absolute atomic E-state index is 5.70. The average Bonchev–Trinajstić information content (AvgIpc) is 2.73. The first-order chi connectivity index (χ1) is 8.16. The van der Waals surface area contributed by atoms with E-state index in [0.29, 0.717) is 4.99 Å². The zero-order valence-corrected chi connectivity index (χ0v) is 11.0. The number of nitrogens with zero attached hydrogens (tertiary/aromatic N) is 1. The second-order valence-electron chi connectivity index (χ2n) is 4.71. The molecule has 92 valence electrons. The maximum Gasteiger partial charge on any atom is 0.106 e. The fourth-order valence-corrected chi connectivity index (χ4v) is 2.48. The van der Waals surface area contributed by atoms with Crippen molar-refractivity contribution in [3.8, 4) is 0 Å². The number of nitrogens with one attached hydrogen (secondary N) is 1. The molecule has 0 saturated carbocycles. The van der Waals surface area contributed by atoms with Crippen molar-refractivity contribution in [1.82, 2.24) is 4.90 Å². The quantitative estimate of drug-likeness (QED) is 0.797. The topological polar surface area (TPSA) is 41.3 Å². The van der Waals surface area contributed by atoms with Gasteiger partial charge in [0.15, 0.2) is 0 Å². The van der Waals surface area contributed by atoms with Crippen molar-refractivity contribution in [1.29, 1.82) is 0 Å². The van der Waals surface area contributed by atoms with Crippen LogP contribution < -0.4 is 11.1 Å². The molecule has 3 nitrogen and oxygen atoms in total. The van der Waals surface area contributed by atoms with Crippen LogP contribution in [0.15, 0.2) is 24.3 Å². The zero-order chi connectivity index (χ0) is 12.3. The second kappa shape index (κ2) is 5.47. The molecule has 0 aromatic heterocycles. The van der Waals surface area contributed by atoms with Crippen molar-refractivity contribution >= 4 is 22.9 Å². The molecule has 4 heteroatoms. The lowest BCUT2D eigenvalue weighted by molar-refractivity contribution is 0.399. The summed E-state index contributed by atoms with van der Waals surface area (Å²) in [6.45, 7) is 3.36. The minimum atomic E-state index is 0.455. The number of benzene rings is 1. The van der Waals surface area contributed by atoms with Gasteiger partial charge in [-0.05, 0) is 38.1 Å². The van der Waals surface area contributed by atoms with Gasteiger partial charge in [-0.1, -0.05) is 24.4 Å². The summed E-state index contributed by atoms with van der Waals surface area (Å²) in [6.07, 6.45) is 1.26. The molecule has 1 fully saturated rings. The largest absolute Gasteiger partial charge is 0.389 e. The Labute approximate surface area is 108 Å². The molecule has 1 saturated heterocycles. The monoisotopic (exact) mass is 249 g/mol. The Balaban J connectivity index is 1.97. The molecule has 0 amide bonds. The Morgan fingerprint density at radius 2 is 2.29 bits per heavy atom. The number of hydrogen-bond donors (Lipinski definition) is 2. The Kier molecular flexibility index (Phi) is 3.97. The first-order valence-corrected chi connectivity index (χ1v) is 6.39. The van der Waals surface area contributed by atoms with Crippen LogP contribution in [0, 0.1) is 5.92 Å². The van der Waals surface area contributed by atoms with Crippen LogP contribution in [0.5, 0.6) is 0 Å². The van der Waals surface area contributed by atoms with Crippen molar-refractivity contribution < 1.29 is 0 Å². The van der Waals surface area contributed by atoms with Crippen LogP contribution >= 0.6 is 12.2 Å². The van der Waals surface area contributed by atoms with Gasteiger partial charge in [-0.15, -0.1) is 0 Å². The van der Waals surface area contributed by atoms with Gasteiger partial charge in [0.05, 0.1) is 0 Å². The number of hydrogen-bond acceptors (Lipinski definition) is 3. The highest BCUT2D eigenvalue weighted by atomic mass is 32.1. The van der Waals surface area contributed by atoms with Gasteiger partial charge in [0.1, 0.15) is 4.99 Å². The maximum atomic E-state index is 5.70. The fraction of sp³-hybridized carbons (Fsp3) is 0.462. The van der Waals surface area contributed by atoms with E-state index in [4.69, 9.17) is 18.0 Å². The summed E-state index contributed by atoms with van der Waals surface area (Å²) < 4.78 is 0. The van der Waals surface area contributed by atoms with E-state index >= 15 is 0 Å². The standard InChI is InChI=1S/C13H19N3S/c1-16-7-6-10(9-16)8-15-12-5-3-2-4-11(12)13(14)17/h2-5,10,15H,6-9H2,1H3,(H2,14,17). The highest BCUT2D eigenvalue weighted by molar-refractivity contribution is 7.80. The Morgan fingerprint density at radius 1 is 1.53 bits per heavy atom. The molecule has 1 aromatic rings. The molecular formula is C13H19N3S. The summed E-state index contributed by atoms with van der Waals surface area (Å²) >= 11 is 5.05. The van der Waals surface area contributed by atoms with Gasteiger partial charge in [0.2, 0.25) is 0 Å². The van der Waals surface area contributed by atoms with E-state index in [1.807, 2.05) is 24.3 Å². The predicted molar refractivity (Wildman–Crippen MR) is 76.4 cm³/mol. The normalized spacial score (nSPS) is 20.4. The van der Waals surface area contributed by atoms with Crippen molar-refractivity contribution in [2.24, 2.45) is 11.7 Å². The summed E-state index contributed by atoms with van der Waals surface area (Å²) in [7, 11) is 2.17. The summed E-state index contributed by atoms with van der Waals surface area (Å²) in [5, 5.41) is 3.46. The summed E-state index contributed by atoms with van der Waals surface area (Å²) in [5.74, 6) is 0.722. The third-order valence-electron chi connectivity index (χ3n) is 3.26. The van der Waals surface area contributed by atoms with Gasteiger partial charge >= 0.3 is 0 Å². The molecule has 0 aliphatic carbocycles. The van der Waals surface area contributed by atoms with E-state index in [1.165, 1.54) is 19.5 Å². The first kappa shape index (κ1) is 12.3. The molecule has 2 rings (SSSR count). The molecule has 1 aliphatic rings. The second-order valence-corrected chi connectivity index (χ2v) is 5.15. The van der Waals surface area contributed by atoms with E-state index in [1.54, 1.807) is 0 Å². The zero-order valence-electron chi connectivity index (χ0n) is 10.1. The molecule has 1 atom stereocenters. The lowest BCUT2D eigenvalue weighted by atomic mass is 10.1. The van der Waals surface area contributed by atoms with Gasteiger partial charge in [-0.2, -0.15) is 0 Å². The predicted octanol–water partition coefficient (Wildman–Crippen LogP) is 1.68. The summed E-state index contributed by atoms with van der Waals surface area (Å²) in [4.78, 5) is 2.82. The number of rotatable bonds is 4. The first-order valence-electron chi connectivity index (χ1n) is 5.98. The third kappa shape index (κ3) is 3.17. The Bertz CT molecular complexity index is 405. The minimum Gasteiger partial charge on any atom is -0.389 e. The van der Waals surface area contributed by atoms with E-state index < -0.39 is 0 Å².